The van der Waals surface area contributed by atoms with Gasteiger partial charge in [0.1, 0.15) is 17.6 Å². The summed E-state index contributed by atoms with van der Waals surface area (Å²) in [5.74, 6) is 1.77. The molecular weight excluding hydrogens is 332 g/mol. The van der Waals surface area contributed by atoms with Crippen molar-refractivity contribution in [2.45, 2.75) is 25.6 Å². The molecule has 4 rings (SSSR count). The SMILES string of the molecule is Cc1ccc([C@H]2[C@H](c3ccccn3)NC(=S)N2Cc2ccncc2)o1. The molecule has 126 valence electrons. The Labute approximate surface area is 151 Å². The predicted octanol–water partition coefficient (Wildman–Crippen LogP) is 3.55. The number of nitrogens with zero attached hydrogens (tertiary/aromatic N) is 3. The van der Waals surface area contributed by atoms with Crippen molar-refractivity contribution >= 4 is 17.3 Å². The Morgan fingerprint density at radius 3 is 2.64 bits per heavy atom. The Bertz CT molecular complexity index is 865. The maximum absolute atomic E-state index is 5.95. The topological polar surface area (TPSA) is 54.2 Å². The minimum atomic E-state index is -0.0545. The van der Waals surface area contributed by atoms with Crippen LogP contribution in [0.1, 0.15) is 34.9 Å². The third-order valence-electron chi connectivity index (χ3n) is 4.35. The number of furan rings is 1. The average Bonchev–Trinajstić information content (AvgIpc) is 3.20. The number of aromatic nitrogens is 2. The van der Waals surface area contributed by atoms with Gasteiger partial charge in [0.2, 0.25) is 0 Å². The van der Waals surface area contributed by atoms with Crippen LogP contribution in [0.15, 0.2) is 65.5 Å². The maximum atomic E-state index is 5.95. The molecule has 1 aliphatic heterocycles. The predicted molar refractivity (Wildman–Crippen MR) is 98.7 cm³/mol. The third-order valence-corrected chi connectivity index (χ3v) is 4.71. The summed E-state index contributed by atoms with van der Waals surface area (Å²) in [4.78, 5) is 10.8. The highest BCUT2D eigenvalue weighted by Gasteiger charge is 2.41. The number of pyridine rings is 2. The zero-order chi connectivity index (χ0) is 17.2. The van der Waals surface area contributed by atoms with E-state index in [9.17, 15) is 0 Å². The lowest BCUT2D eigenvalue weighted by Crippen LogP contribution is -2.29. The number of nitrogens with one attached hydrogen (secondary N) is 1. The lowest BCUT2D eigenvalue weighted by molar-refractivity contribution is 0.264. The van der Waals surface area contributed by atoms with Crippen molar-refractivity contribution in [1.29, 1.82) is 0 Å². The summed E-state index contributed by atoms with van der Waals surface area (Å²) < 4.78 is 5.95. The highest BCUT2D eigenvalue weighted by atomic mass is 32.1. The molecule has 0 unspecified atom stereocenters. The van der Waals surface area contributed by atoms with Crippen molar-refractivity contribution in [3.05, 3.63) is 83.8 Å². The fourth-order valence-electron chi connectivity index (χ4n) is 3.18. The molecule has 25 heavy (non-hydrogen) atoms. The molecule has 0 spiro atoms. The lowest BCUT2D eigenvalue weighted by Gasteiger charge is -2.26. The first-order chi connectivity index (χ1) is 12.2. The smallest absolute Gasteiger partial charge is 0.170 e. The monoisotopic (exact) mass is 350 g/mol. The molecule has 4 heterocycles. The van der Waals surface area contributed by atoms with Crippen molar-refractivity contribution in [3.8, 4) is 0 Å². The van der Waals surface area contributed by atoms with Crippen molar-refractivity contribution in [2.75, 3.05) is 0 Å². The molecule has 6 heteroatoms. The van der Waals surface area contributed by atoms with Gasteiger partial charge in [0.25, 0.3) is 0 Å². The van der Waals surface area contributed by atoms with E-state index in [1.54, 1.807) is 18.6 Å². The first-order valence-electron chi connectivity index (χ1n) is 8.15. The second kappa shape index (κ2) is 6.64. The van der Waals surface area contributed by atoms with Gasteiger partial charge in [0.05, 0.1) is 11.7 Å². The van der Waals surface area contributed by atoms with E-state index in [-0.39, 0.29) is 12.1 Å². The van der Waals surface area contributed by atoms with Gasteiger partial charge in [0.15, 0.2) is 5.11 Å². The van der Waals surface area contributed by atoms with E-state index >= 15 is 0 Å². The van der Waals surface area contributed by atoms with E-state index in [0.717, 1.165) is 22.8 Å². The normalized spacial score (nSPS) is 19.9. The van der Waals surface area contributed by atoms with E-state index < -0.39 is 0 Å². The largest absolute Gasteiger partial charge is 0.464 e. The molecule has 0 aliphatic carbocycles. The van der Waals surface area contributed by atoms with E-state index in [2.05, 4.69) is 20.2 Å². The van der Waals surface area contributed by atoms with Gasteiger partial charge < -0.3 is 14.6 Å². The third kappa shape index (κ3) is 3.13. The van der Waals surface area contributed by atoms with Crippen molar-refractivity contribution in [1.82, 2.24) is 20.2 Å². The number of thiocarbonyl (C=S) groups is 1. The summed E-state index contributed by atoms with van der Waals surface area (Å²) in [5, 5.41) is 4.12. The summed E-state index contributed by atoms with van der Waals surface area (Å²) in [5.41, 5.74) is 2.09. The molecule has 1 saturated heterocycles. The standard InChI is InChI=1S/C19H18N4OS/c1-13-5-6-16(24-13)18-17(15-4-2-3-9-21-15)22-19(25)23(18)12-14-7-10-20-11-8-14/h2-11,17-18H,12H2,1H3,(H,22,25)/t17-,18-/m0/s1. The van der Waals surface area contributed by atoms with Crippen molar-refractivity contribution < 1.29 is 4.42 Å². The summed E-state index contributed by atoms with van der Waals surface area (Å²) in [6, 6.07) is 13.8. The molecule has 3 aromatic rings. The van der Waals surface area contributed by atoms with Gasteiger partial charge in [-0.05, 0) is 61.1 Å². The zero-order valence-electron chi connectivity index (χ0n) is 13.8. The fourth-order valence-corrected chi connectivity index (χ4v) is 3.49. The van der Waals surface area contributed by atoms with Gasteiger partial charge in [0, 0.05) is 25.1 Å². The van der Waals surface area contributed by atoms with Crippen molar-refractivity contribution in [2.24, 2.45) is 0 Å². The second-order valence-electron chi connectivity index (χ2n) is 6.06. The number of hydrogen-bond donors (Lipinski definition) is 1. The van der Waals surface area contributed by atoms with Crippen LogP contribution in [0.5, 0.6) is 0 Å². The Hall–Kier alpha value is -2.73. The van der Waals surface area contributed by atoms with Crippen LogP contribution in [0, 0.1) is 6.92 Å². The number of rotatable bonds is 4. The van der Waals surface area contributed by atoms with Crippen LogP contribution in [0.25, 0.3) is 0 Å². The molecule has 0 bridgehead atoms. The lowest BCUT2D eigenvalue weighted by atomic mass is 10.0. The highest BCUT2D eigenvalue weighted by Crippen LogP contribution is 2.39. The van der Waals surface area contributed by atoms with Crippen molar-refractivity contribution in [3.63, 3.8) is 0 Å². The molecule has 0 amide bonds. The van der Waals surface area contributed by atoms with Gasteiger partial charge in [-0.3, -0.25) is 9.97 Å². The van der Waals surface area contributed by atoms with Crippen LogP contribution < -0.4 is 5.32 Å². The molecule has 0 saturated carbocycles. The first kappa shape index (κ1) is 15.8. The Balaban J connectivity index is 1.72. The molecule has 5 nitrogen and oxygen atoms in total. The van der Waals surface area contributed by atoms with Gasteiger partial charge >= 0.3 is 0 Å². The van der Waals surface area contributed by atoms with Crippen LogP contribution in [-0.2, 0) is 6.54 Å². The Kier molecular flexibility index (Phi) is 4.19. The maximum Gasteiger partial charge on any atom is 0.170 e. The Morgan fingerprint density at radius 1 is 1.12 bits per heavy atom. The van der Waals surface area contributed by atoms with Gasteiger partial charge in [-0.1, -0.05) is 6.07 Å². The number of hydrogen-bond acceptors (Lipinski definition) is 4. The van der Waals surface area contributed by atoms with Gasteiger partial charge in [-0.25, -0.2) is 0 Å². The molecule has 1 fully saturated rings. The minimum Gasteiger partial charge on any atom is -0.464 e. The van der Waals surface area contributed by atoms with Gasteiger partial charge in [-0.2, -0.15) is 0 Å². The average molecular weight is 350 g/mol. The molecule has 2 atom stereocenters. The Morgan fingerprint density at radius 2 is 1.96 bits per heavy atom. The second-order valence-corrected chi connectivity index (χ2v) is 6.45. The van der Waals surface area contributed by atoms with Gasteiger partial charge in [-0.15, -0.1) is 0 Å². The highest BCUT2D eigenvalue weighted by molar-refractivity contribution is 7.80. The first-order valence-corrected chi connectivity index (χ1v) is 8.56. The summed E-state index contributed by atoms with van der Waals surface area (Å²) in [6.45, 7) is 2.63. The molecule has 1 aliphatic rings. The van der Waals surface area contributed by atoms with E-state index in [0.29, 0.717) is 11.7 Å². The molecular formula is C19H18N4OS. The van der Waals surface area contributed by atoms with E-state index in [1.807, 2.05) is 49.4 Å². The number of aryl methyl sites for hydroxylation is 1. The molecule has 3 aromatic heterocycles. The summed E-state index contributed by atoms with van der Waals surface area (Å²) >= 11 is 5.63. The molecule has 1 N–H and O–H groups in total. The van der Waals surface area contributed by atoms with Crippen LogP contribution in [-0.4, -0.2) is 20.0 Å². The quantitative estimate of drug-likeness (QED) is 0.726. The van der Waals surface area contributed by atoms with Crippen LogP contribution in [0.4, 0.5) is 0 Å². The van der Waals surface area contributed by atoms with E-state index in [4.69, 9.17) is 16.6 Å². The minimum absolute atomic E-state index is 0.0516. The van der Waals surface area contributed by atoms with Crippen LogP contribution >= 0.6 is 12.2 Å². The summed E-state index contributed by atoms with van der Waals surface area (Å²) in [6.07, 6.45) is 5.39. The zero-order valence-corrected chi connectivity index (χ0v) is 14.6. The van der Waals surface area contributed by atoms with E-state index in [1.165, 1.54) is 0 Å². The molecule has 0 aromatic carbocycles. The van der Waals surface area contributed by atoms with Crippen LogP contribution in [0.3, 0.4) is 0 Å². The summed E-state index contributed by atoms with van der Waals surface area (Å²) in [7, 11) is 0. The van der Waals surface area contributed by atoms with Crippen LogP contribution in [0.2, 0.25) is 0 Å². The molecule has 0 radical (unpaired) electrons. The fraction of sp³-hybridized carbons (Fsp3) is 0.211.